The second-order valence-electron chi connectivity index (χ2n) is 4.27. The van der Waals surface area contributed by atoms with Crippen LogP contribution in [0.3, 0.4) is 0 Å². The Labute approximate surface area is 126 Å². The molecule has 0 saturated carbocycles. The predicted octanol–water partition coefficient (Wildman–Crippen LogP) is 2.58. The van der Waals surface area contributed by atoms with Gasteiger partial charge in [-0.15, -0.1) is 0 Å². The zero-order valence-corrected chi connectivity index (χ0v) is 12.8. The van der Waals surface area contributed by atoms with E-state index in [1.807, 2.05) is 18.2 Å². The zero-order chi connectivity index (χ0) is 14.4. The third kappa shape index (κ3) is 3.53. The highest BCUT2D eigenvalue weighted by Crippen LogP contribution is 2.27. The molecule has 2 aromatic heterocycles. The van der Waals surface area contributed by atoms with Gasteiger partial charge in [0, 0.05) is 16.9 Å². The van der Waals surface area contributed by atoms with E-state index in [4.69, 9.17) is 10.6 Å². The minimum absolute atomic E-state index is 0.247. The first-order valence-corrected chi connectivity index (χ1v) is 7.19. The number of aromatic nitrogens is 2. The van der Waals surface area contributed by atoms with E-state index in [2.05, 4.69) is 38.2 Å². The highest BCUT2D eigenvalue weighted by Gasteiger charge is 2.17. The van der Waals surface area contributed by atoms with Gasteiger partial charge in [0.25, 0.3) is 0 Å². The number of rotatable bonds is 6. The van der Waals surface area contributed by atoms with Gasteiger partial charge in [-0.05, 0) is 46.1 Å². The summed E-state index contributed by atoms with van der Waals surface area (Å²) in [7, 11) is 0. The Morgan fingerprint density at radius 3 is 3.00 bits per heavy atom. The Hall–Kier alpha value is -1.50. The molecule has 1 atom stereocenters. The summed E-state index contributed by atoms with van der Waals surface area (Å²) in [4.78, 5) is 8.56. The normalized spacial score (nSPS) is 12.2. The number of hydrogen-bond donors (Lipinski definition) is 2. The van der Waals surface area contributed by atoms with Gasteiger partial charge < -0.3 is 4.74 Å². The summed E-state index contributed by atoms with van der Waals surface area (Å²) in [5.41, 5.74) is 4.48. The number of nitrogens with zero attached hydrogens (tertiary/aromatic N) is 2. The van der Waals surface area contributed by atoms with Gasteiger partial charge in [0.15, 0.2) is 0 Å². The van der Waals surface area contributed by atoms with Crippen LogP contribution >= 0.6 is 15.9 Å². The molecule has 0 aliphatic carbocycles. The quantitative estimate of drug-likeness (QED) is 0.626. The molecule has 0 bridgehead atoms. The standard InChI is InChI=1S/C14H17BrN4O/c1-2-6-20-11-7-10(8-17-9-11)13(19-16)14-12(15)4-3-5-18-14/h3-5,7-9,13,19H,2,6,16H2,1H3. The van der Waals surface area contributed by atoms with E-state index in [1.165, 1.54) is 0 Å². The lowest BCUT2D eigenvalue weighted by Gasteiger charge is -2.17. The molecule has 0 radical (unpaired) electrons. The van der Waals surface area contributed by atoms with Crippen LogP contribution < -0.4 is 16.0 Å². The van der Waals surface area contributed by atoms with Gasteiger partial charge in [0.1, 0.15) is 5.75 Å². The summed E-state index contributed by atoms with van der Waals surface area (Å²) in [5, 5.41) is 0. The Morgan fingerprint density at radius 2 is 2.30 bits per heavy atom. The highest BCUT2D eigenvalue weighted by molar-refractivity contribution is 9.10. The Kier molecular flexibility index (Phi) is 5.46. The van der Waals surface area contributed by atoms with Gasteiger partial charge in [-0.1, -0.05) is 6.92 Å². The lowest BCUT2D eigenvalue weighted by Crippen LogP contribution is -2.30. The van der Waals surface area contributed by atoms with Crippen LogP contribution in [-0.4, -0.2) is 16.6 Å². The fraction of sp³-hybridized carbons (Fsp3) is 0.286. The van der Waals surface area contributed by atoms with Crippen molar-refractivity contribution in [1.82, 2.24) is 15.4 Å². The maximum atomic E-state index is 5.68. The van der Waals surface area contributed by atoms with Gasteiger partial charge >= 0.3 is 0 Å². The largest absolute Gasteiger partial charge is 0.492 e. The SMILES string of the molecule is CCCOc1cncc(C(NN)c2ncccc2Br)c1. The van der Waals surface area contributed by atoms with Gasteiger partial charge in [-0.3, -0.25) is 15.8 Å². The number of pyridine rings is 2. The second kappa shape index (κ2) is 7.33. The van der Waals surface area contributed by atoms with Gasteiger partial charge in [-0.25, -0.2) is 5.43 Å². The Balaban J connectivity index is 2.30. The van der Waals surface area contributed by atoms with Crippen molar-refractivity contribution >= 4 is 15.9 Å². The fourth-order valence-corrected chi connectivity index (χ4v) is 2.32. The molecule has 3 N–H and O–H groups in total. The maximum Gasteiger partial charge on any atom is 0.137 e. The fourth-order valence-electron chi connectivity index (χ4n) is 1.84. The molecule has 1 unspecified atom stereocenters. The molecule has 5 nitrogen and oxygen atoms in total. The number of ether oxygens (including phenoxy) is 1. The minimum atomic E-state index is -0.247. The molecule has 20 heavy (non-hydrogen) atoms. The van der Waals surface area contributed by atoms with E-state index >= 15 is 0 Å². The van der Waals surface area contributed by atoms with E-state index in [1.54, 1.807) is 18.6 Å². The number of nitrogens with two attached hydrogens (primary N) is 1. The second-order valence-corrected chi connectivity index (χ2v) is 5.13. The molecule has 6 heteroatoms. The average molecular weight is 337 g/mol. The molecule has 0 aliphatic rings. The molecule has 0 amide bonds. The van der Waals surface area contributed by atoms with Crippen LogP contribution in [0.25, 0.3) is 0 Å². The lowest BCUT2D eigenvalue weighted by atomic mass is 10.1. The number of hydrogen-bond acceptors (Lipinski definition) is 5. The molecule has 2 heterocycles. The van der Waals surface area contributed by atoms with Crippen molar-refractivity contribution in [2.24, 2.45) is 5.84 Å². The van der Waals surface area contributed by atoms with Crippen LogP contribution in [0.4, 0.5) is 0 Å². The monoisotopic (exact) mass is 336 g/mol. The predicted molar refractivity (Wildman–Crippen MR) is 81.1 cm³/mol. The van der Waals surface area contributed by atoms with Gasteiger partial charge in [0.05, 0.1) is 24.5 Å². The maximum absolute atomic E-state index is 5.68. The molecule has 2 rings (SSSR count). The van der Waals surface area contributed by atoms with Crippen LogP contribution in [0.15, 0.2) is 41.3 Å². The van der Waals surface area contributed by atoms with Crippen LogP contribution in [0.5, 0.6) is 5.75 Å². The molecule has 0 spiro atoms. The molecule has 0 saturated heterocycles. The molecule has 2 aromatic rings. The van der Waals surface area contributed by atoms with Crippen LogP contribution in [0, 0.1) is 0 Å². The van der Waals surface area contributed by atoms with Gasteiger partial charge in [-0.2, -0.15) is 0 Å². The molecule has 0 aliphatic heterocycles. The first kappa shape index (κ1) is 14.9. The van der Waals surface area contributed by atoms with Crippen LogP contribution in [-0.2, 0) is 0 Å². The minimum Gasteiger partial charge on any atom is -0.492 e. The number of nitrogens with one attached hydrogen (secondary N) is 1. The molecular formula is C14H17BrN4O. The Bertz CT molecular complexity index is 564. The van der Waals surface area contributed by atoms with E-state index in [0.29, 0.717) is 6.61 Å². The van der Waals surface area contributed by atoms with Gasteiger partial charge in [0.2, 0.25) is 0 Å². The number of halogens is 1. The summed E-state index contributed by atoms with van der Waals surface area (Å²) in [5.74, 6) is 6.41. The third-order valence-corrected chi connectivity index (χ3v) is 3.44. The summed E-state index contributed by atoms with van der Waals surface area (Å²) in [6.07, 6.45) is 6.13. The van der Waals surface area contributed by atoms with E-state index in [9.17, 15) is 0 Å². The molecule has 106 valence electrons. The van der Waals surface area contributed by atoms with Crippen molar-refractivity contribution in [2.75, 3.05) is 6.61 Å². The smallest absolute Gasteiger partial charge is 0.137 e. The van der Waals surface area contributed by atoms with Crippen molar-refractivity contribution in [2.45, 2.75) is 19.4 Å². The Morgan fingerprint density at radius 1 is 1.45 bits per heavy atom. The van der Waals surface area contributed by atoms with Crippen molar-refractivity contribution in [1.29, 1.82) is 0 Å². The molecular weight excluding hydrogens is 320 g/mol. The van der Waals surface area contributed by atoms with E-state index in [0.717, 1.165) is 27.9 Å². The van der Waals surface area contributed by atoms with Crippen molar-refractivity contribution < 1.29 is 4.74 Å². The molecule has 0 aromatic carbocycles. The van der Waals surface area contributed by atoms with Crippen LogP contribution in [0.2, 0.25) is 0 Å². The molecule has 0 fully saturated rings. The third-order valence-electron chi connectivity index (χ3n) is 2.77. The topological polar surface area (TPSA) is 73.1 Å². The summed E-state index contributed by atoms with van der Waals surface area (Å²) < 4.78 is 6.48. The van der Waals surface area contributed by atoms with E-state index < -0.39 is 0 Å². The lowest BCUT2D eigenvalue weighted by molar-refractivity contribution is 0.315. The highest BCUT2D eigenvalue weighted by atomic mass is 79.9. The summed E-state index contributed by atoms with van der Waals surface area (Å²) in [6, 6.07) is 5.47. The van der Waals surface area contributed by atoms with E-state index in [-0.39, 0.29) is 6.04 Å². The van der Waals surface area contributed by atoms with Crippen molar-refractivity contribution in [3.8, 4) is 5.75 Å². The average Bonchev–Trinajstić information content (AvgIpc) is 2.48. The summed E-state index contributed by atoms with van der Waals surface area (Å²) >= 11 is 3.49. The van der Waals surface area contributed by atoms with Crippen LogP contribution in [0.1, 0.15) is 30.6 Å². The first-order chi connectivity index (χ1) is 9.76. The first-order valence-electron chi connectivity index (χ1n) is 6.40. The van der Waals surface area contributed by atoms with Crippen molar-refractivity contribution in [3.05, 3.63) is 52.5 Å². The zero-order valence-electron chi connectivity index (χ0n) is 11.2. The number of hydrazine groups is 1. The van der Waals surface area contributed by atoms with Crippen molar-refractivity contribution in [3.63, 3.8) is 0 Å². The summed E-state index contributed by atoms with van der Waals surface area (Å²) in [6.45, 7) is 2.73.